The van der Waals surface area contributed by atoms with E-state index in [0.717, 1.165) is 0 Å². The summed E-state index contributed by atoms with van der Waals surface area (Å²) in [6.07, 6.45) is -0.0862. The first kappa shape index (κ1) is 11.9. The van der Waals surface area contributed by atoms with Crippen LogP contribution < -0.4 is 0 Å². The molecule has 0 amide bonds. The molecule has 1 heterocycles. The number of hydrogen-bond acceptors (Lipinski definition) is 2. The molecule has 0 fully saturated rings. The maximum Gasteiger partial charge on any atom is 0.173 e. The summed E-state index contributed by atoms with van der Waals surface area (Å²) in [5.41, 5.74) is -0.681. The van der Waals surface area contributed by atoms with Crippen molar-refractivity contribution in [2.24, 2.45) is 0 Å². The van der Waals surface area contributed by atoms with E-state index in [1.165, 1.54) is 11.3 Å². The molecular formula is C12H7F3OS. The van der Waals surface area contributed by atoms with Gasteiger partial charge in [-0.1, -0.05) is 6.07 Å². The van der Waals surface area contributed by atoms with Crippen LogP contribution in [0.15, 0.2) is 29.6 Å². The number of thiophene rings is 1. The van der Waals surface area contributed by atoms with Crippen molar-refractivity contribution in [3.8, 4) is 0 Å². The topological polar surface area (TPSA) is 17.1 Å². The van der Waals surface area contributed by atoms with Gasteiger partial charge in [-0.3, -0.25) is 4.79 Å². The smallest absolute Gasteiger partial charge is 0.173 e. The van der Waals surface area contributed by atoms with Crippen molar-refractivity contribution >= 4 is 17.1 Å². The van der Waals surface area contributed by atoms with Gasteiger partial charge < -0.3 is 0 Å². The van der Waals surface area contributed by atoms with Gasteiger partial charge in [0.1, 0.15) is 17.5 Å². The van der Waals surface area contributed by atoms with Gasteiger partial charge in [0.05, 0.1) is 5.56 Å². The molecule has 0 saturated carbocycles. The van der Waals surface area contributed by atoms with E-state index in [-0.39, 0.29) is 6.42 Å². The number of carbonyl (C=O) groups is 1. The van der Waals surface area contributed by atoms with E-state index in [4.69, 9.17) is 0 Å². The van der Waals surface area contributed by atoms with Gasteiger partial charge in [0.25, 0.3) is 0 Å². The second-order valence-corrected chi connectivity index (χ2v) is 4.46. The first-order valence-corrected chi connectivity index (χ1v) is 5.66. The summed E-state index contributed by atoms with van der Waals surface area (Å²) in [4.78, 5) is 12.4. The van der Waals surface area contributed by atoms with Crippen molar-refractivity contribution in [2.45, 2.75) is 6.42 Å². The van der Waals surface area contributed by atoms with E-state index in [0.29, 0.717) is 17.0 Å². The van der Waals surface area contributed by atoms with Crippen LogP contribution >= 0.6 is 11.3 Å². The lowest BCUT2D eigenvalue weighted by atomic mass is 10.1. The Morgan fingerprint density at radius 1 is 1.18 bits per heavy atom. The van der Waals surface area contributed by atoms with E-state index >= 15 is 0 Å². The number of ketones is 1. The molecule has 0 saturated heterocycles. The molecule has 1 aromatic carbocycles. The van der Waals surface area contributed by atoms with Crippen LogP contribution in [0.4, 0.5) is 13.2 Å². The summed E-state index contributed by atoms with van der Waals surface area (Å²) in [6.45, 7) is 0. The molecule has 0 aliphatic heterocycles. The molecule has 0 unspecified atom stereocenters. The summed E-state index contributed by atoms with van der Waals surface area (Å²) in [7, 11) is 0. The molecule has 1 aromatic heterocycles. The van der Waals surface area contributed by atoms with Crippen LogP contribution in [0, 0.1) is 17.5 Å². The zero-order chi connectivity index (χ0) is 12.4. The van der Waals surface area contributed by atoms with E-state index in [1.807, 2.05) is 0 Å². The maximum absolute atomic E-state index is 13.3. The van der Waals surface area contributed by atoms with E-state index in [1.54, 1.807) is 17.5 Å². The number of benzene rings is 1. The van der Waals surface area contributed by atoms with Crippen molar-refractivity contribution in [2.75, 3.05) is 0 Å². The van der Waals surface area contributed by atoms with Gasteiger partial charge >= 0.3 is 0 Å². The Kier molecular flexibility index (Phi) is 3.28. The summed E-state index contributed by atoms with van der Waals surface area (Å²) >= 11 is 1.32. The Morgan fingerprint density at radius 3 is 2.35 bits per heavy atom. The van der Waals surface area contributed by atoms with Gasteiger partial charge in [-0.25, -0.2) is 13.2 Å². The number of carbonyl (C=O) groups excluding carboxylic acids is 1. The maximum atomic E-state index is 13.3. The second kappa shape index (κ2) is 4.71. The highest BCUT2D eigenvalue weighted by atomic mass is 32.1. The average Bonchev–Trinajstić information content (AvgIpc) is 2.68. The first-order valence-electron chi connectivity index (χ1n) is 4.78. The fourth-order valence-corrected chi connectivity index (χ4v) is 2.17. The van der Waals surface area contributed by atoms with Crippen molar-refractivity contribution in [3.05, 3.63) is 57.5 Å². The minimum absolute atomic E-state index is 0.0862. The standard InChI is InChI=1S/C12H7F3OS/c13-7-4-9(14)12(10(15)5-7)11(16)6-8-2-1-3-17-8/h1-5H,6H2. The minimum atomic E-state index is -1.16. The Morgan fingerprint density at radius 2 is 1.82 bits per heavy atom. The monoisotopic (exact) mass is 256 g/mol. The molecule has 2 rings (SSSR count). The van der Waals surface area contributed by atoms with Crippen LogP contribution in [0.3, 0.4) is 0 Å². The van der Waals surface area contributed by atoms with Gasteiger partial charge in [0.15, 0.2) is 5.78 Å². The molecule has 5 heteroatoms. The van der Waals surface area contributed by atoms with Crippen LogP contribution in [0.5, 0.6) is 0 Å². The Bertz CT molecular complexity index is 526. The normalized spacial score (nSPS) is 10.5. The summed E-state index contributed by atoms with van der Waals surface area (Å²) < 4.78 is 39.2. The minimum Gasteiger partial charge on any atom is -0.294 e. The van der Waals surface area contributed by atoms with Gasteiger partial charge in [0.2, 0.25) is 0 Å². The Hall–Kier alpha value is -1.62. The second-order valence-electron chi connectivity index (χ2n) is 3.42. The molecule has 1 nitrogen and oxygen atoms in total. The number of Topliss-reactive ketones (excluding diaryl/α,β-unsaturated/α-hetero) is 1. The lowest BCUT2D eigenvalue weighted by molar-refractivity contribution is 0.0985. The summed E-state index contributed by atoms with van der Waals surface area (Å²) in [6, 6.07) is 4.45. The molecule has 0 N–H and O–H groups in total. The molecule has 0 aliphatic rings. The molecule has 0 radical (unpaired) electrons. The highest BCUT2D eigenvalue weighted by molar-refractivity contribution is 7.10. The molecule has 88 valence electrons. The number of hydrogen-bond donors (Lipinski definition) is 0. The molecule has 0 bridgehead atoms. The zero-order valence-electron chi connectivity index (χ0n) is 8.54. The number of halogens is 3. The molecule has 0 spiro atoms. The van der Waals surface area contributed by atoms with Crippen LogP contribution in [0.2, 0.25) is 0 Å². The zero-order valence-corrected chi connectivity index (χ0v) is 9.36. The third-order valence-electron chi connectivity index (χ3n) is 2.20. The fraction of sp³-hybridized carbons (Fsp3) is 0.0833. The quantitative estimate of drug-likeness (QED) is 0.767. The largest absolute Gasteiger partial charge is 0.294 e. The summed E-state index contributed by atoms with van der Waals surface area (Å²) in [5.74, 6) is -4.05. The number of rotatable bonds is 3. The SMILES string of the molecule is O=C(Cc1cccs1)c1c(F)cc(F)cc1F. The lowest BCUT2D eigenvalue weighted by Gasteiger charge is -2.03. The van der Waals surface area contributed by atoms with Gasteiger partial charge in [0, 0.05) is 23.4 Å². The average molecular weight is 256 g/mol. The lowest BCUT2D eigenvalue weighted by Crippen LogP contribution is -2.09. The van der Waals surface area contributed by atoms with Crippen LogP contribution in [0.25, 0.3) is 0 Å². The van der Waals surface area contributed by atoms with E-state index in [2.05, 4.69) is 0 Å². The van der Waals surface area contributed by atoms with Crippen molar-refractivity contribution in [3.63, 3.8) is 0 Å². The van der Waals surface area contributed by atoms with E-state index in [9.17, 15) is 18.0 Å². The molecular weight excluding hydrogens is 249 g/mol. The third kappa shape index (κ3) is 2.55. The molecule has 0 aliphatic carbocycles. The molecule has 17 heavy (non-hydrogen) atoms. The van der Waals surface area contributed by atoms with Crippen LogP contribution in [-0.4, -0.2) is 5.78 Å². The van der Waals surface area contributed by atoms with Gasteiger partial charge in [-0.15, -0.1) is 11.3 Å². The van der Waals surface area contributed by atoms with Crippen molar-refractivity contribution in [1.29, 1.82) is 0 Å². The highest BCUT2D eigenvalue weighted by Gasteiger charge is 2.19. The van der Waals surface area contributed by atoms with Crippen molar-refractivity contribution in [1.82, 2.24) is 0 Å². The Balaban J connectivity index is 2.31. The Labute approximate surface area is 99.5 Å². The van der Waals surface area contributed by atoms with Crippen molar-refractivity contribution < 1.29 is 18.0 Å². The van der Waals surface area contributed by atoms with Gasteiger partial charge in [-0.05, 0) is 11.4 Å². The third-order valence-corrected chi connectivity index (χ3v) is 3.08. The van der Waals surface area contributed by atoms with Crippen LogP contribution in [0.1, 0.15) is 15.2 Å². The summed E-state index contributed by atoms with van der Waals surface area (Å²) in [5, 5.41) is 1.76. The fourth-order valence-electron chi connectivity index (χ4n) is 1.47. The first-order chi connectivity index (χ1) is 8.08. The molecule has 2 aromatic rings. The molecule has 0 atom stereocenters. The predicted octanol–water partition coefficient (Wildman–Crippen LogP) is 3.59. The predicted molar refractivity (Wildman–Crippen MR) is 58.7 cm³/mol. The highest BCUT2D eigenvalue weighted by Crippen LogP contribution is 2.18. The van der Waals surface area contributed by atoms with Gasteiger partial charge in [-0.2, -0.15) is 0 Å². The van der Waals surface area contributed by atoms with Crippen LogP contribution in [-0.2, 0) is 6.42 Å². The van der Waals surface area contributed by atoms with E-state index < -0.39 is 28.8 Å².